The van der Waals surface area contributed by atoms with Crippen molar-refractivity contribution in [1.82, 2.24) is 4.57 Å². The Bertz CT molecular complexity index is 1790. The standard InChI is InChI=1S/C31H26BrFN2O4S/c1-4-38-30(37)27-19(3)34-31-35(28(27)22-10-5-18(2)6-11-22)29(36)26(40-31)16-21-9-14-25(24(32)15-21)39-17-20-7-12-23(33)13-8-20/h5-16,28H,4,17H2,1-3H3/b26-16+/t28-/m0/s1. The molecule has 0 aliphatic carbocycles. The van der Waals surface area contributed by atoms with Crippen LogP contribution in [0.3, 0.4) is 0 Å². The van der Waals surface area contributed by atoms with Gasteiger partial charge in [-0.1, -0.05) is 59.4 Å². The highest BCUT2D eigenvalue weighted by atomic mass is 79.9. The second-order valence-electron chi connectivity index (χ2n) is 9.32. The Hall–Kier alpha value is -3.82. The third-order valence-corrected chi connectivity index (χ3v) is 8.07. The minimum absolute atomic E-state index is 0.221. The van der Waals surface area contributed by atoms with E-state index in [4.69, 9.17) is 9.47 Å². The van der Waals surface area contributed by atoms with Crippen LogP contribution in [0.2, 0.25) is 0 Å². The van der Waals surface area contributed by atoms with Crippen molar-refractivity contribution in [3.8, 4) is 5.75 Å². The molecule has 2 heterocycles. The Morgan fingerprint density at radius 2 is 1.82 bits per heavy atom. The summed E-state index contributed by atoms with van der Waals surface area (Å²) in [5.41, 5.74) is 4.17. The van der Waals surface area contributed by atoms with Gasteiger partial charge in [-0.15, -0.1) is 0 Å². The summed E-state index contributed by atoms with van der Waals surface area (Å²) in [6, 6.07) is 18.8. The first kappa shape index (κ1) is 27.7. The largest absolute Gasteiger partial charge is 0.488 e. The van der Waals surface area contributed by atoms with Gasteiger partial charge in [0.15, 0.2) is 4.80 Å². The molecule has 3 aromatic carbocycles. The Morgan fingerprint density at radius 1 is 1.10 bits per heavy atom. The van der Waals surface area contributed by atoms with Crippen LogP contribution in [0.15, 0.2) is 92.3 Å². The van der Waals surface area contributed by atoms with E-state index in [9.17, 15) is 14.0 Å². The van der Waals surface area contributed by atoms with Gasteiger partial charge in [0.05, 0.1) is 32.9 Å². The van der Waals surface area contributed by atoms with E-state index >= 15 is 0 Å². The summed E-state index contributed by atoms with van der Waals surface area (Å²) in [4.78, 5) is 31.9. The maximum atomic E-state index is 13.8. The molecule has 1 aliphatic heterocycles. The molecule has 1 atom stereocenters. The van der Waals surface area contributed by atoms with Crippen LogP contribution in [0, 0.1) is 12.7 Å². The van der Waals surface area contributed by atoms with Crippen molar-refractivity contribution >= 4 is 39.3 Å². The van der Waals surface area contributed by atoms with Crippen molar-refractivity contribution in [1.29, 1.82) is 0 Å². The Balaban J connectivity index is 1.51. The fraction of sp³-hybridized carbons (Fsp3) is 0.194. The zero-order chi connectivity index (χ0) is 28.4. The molecule has 40 heavy (non-hydrogen) atoms. The van der Waals surface area contributed by atoms with Gasteiger partial charge in [0, 0.05) is 0 Å². The van der Waals surface area contributed by atoms with Crippen LogP contribution < -0.4 is 19.6 Å². The molecule has 0 bridgehead atoms. The third-order valence-electron chi connectivity index (χ3n) is 6.47. The fourth-order valence-corrected chi connectivity index (χ4v) is 6.03. The summed E-state index contributed by atoms with van der Waals surface area (Å²) in [6.45, 7) is 6.02. The quantitative estimate of drug-likeness (QED) is 0.253. The lowest BCUT2D eigenvalue weighted by atomic mass is 9.95. The maximum Gasteiger partial charge on any atom is 0.338 e. The van der Waals surface area contributed by atoms with Crippen molar-refractivity contribution in [2.75, 3.05) is 6.61 Å². The highest BCUT2D eigenvalue weighted by molar-refractivity contribution is 9.10. The number of hydrogen-bond acceptors (Lipinski definition) is 6. The molecule has 0 saturated carbocycles. The van der Waals surface area contributed by atoms with Gasteiger partial charge in [-0.3, -0.25) is 9.36 Å². The van der Waals surface area contributed by atoms with E-state index in [-0.39, 0.29) is 24.6 Å². The lowest BCUT2D eigenvalue weighted by molar-refractivity contribution is -0.139. The number of benzene rings is 3. The second kappa shape index (κ2) is 11.7. The van der Waals surface area contributed by atoms with Crippen molar-refractivity contribution in [3.05, 3.63) is 130 Å². The molecule has 0 fully saturated rings. The predicted molar refractivity (Wildman–Crippen MR) is 156 cm³/mol. The van der Waals surface area contributed by atoms with Crippen LogP contribution in [0.5, 0.6) is 5.75 Å². The zero-order valence-electron chi connectivity index (χ0n) is 22.1. The highest BCUT2D eigenvalue weighted by Gasteiger charge is 2.33. The topological polar surface area (TPSA) is 69.9 Å². The molecular weight excluding hydrogens is 595 g/mol. The first-order valence-corrected chi connectivity index (χ1v) is 14.3. The number of halogens is 2. The molecule has 0 spiro atoms. The number of carbonyl (C=O) groups is 1. The van der Waals surface area contributed by atoms with Gasteiger partial charge in [0.2, 0.25) is 0 Å². The highest BCUT2D eigenvalue weighted by Crippen LogP contribution is 2.31. The van der Waals surface area contributed by atoms with Gasteiger partial charge in [0.1, 0.15) is 18.2 Å². The van der Waals surface area contributed by atoms with Gasteiger partial charge in [-0.25, -0.2) is 14.2 Å². The summed E-state index contributed by atoms with van der Waals surface area (Å²) < 4.78 is 27.2. The minimum atomic E-state index is -0.646. The number of aromatic nitrogens is 1. The van der Waals surface area contributed by atoms with Gasteiger partial charge in [-0.2, -0.15) is 0 Å². The number of nitrogens with zero attached hydrogens (tertiary/aromatic N) is 2. The molecule has 6 nitrogen and oxygen atoms in total. The van der Waals surface area contributed by atoms with Crippen LogP contribution in [0.4, 0.5) is 4.39 Å². The van der Waals surface area contributed by atoms with E-state index in [2.05, 4.69) is 20.9 Å². The Morgan fingerprint density at radius 3 is 2.50 bits per heavy atom. The van der Waals surface area contributed by atoms with E-state index in [1.54, 1.807) is 36.6 Å². The number of rotatable bonds is 7. The van der Waals surface area contributed by atoms with Crippen LogP contribution >= 0.6 is 27.3 Å². The molecule has 1 aliphatic rings. The minimum Gasteiger partial charge on any atom is -0.488 e. The van der Waals surface area contributed by atoms with Crippen molar-refractivity contribution in [2.45, 2.75) is 33.4 Å². The second-order valence-corrected chi connectivity index (χ2v) is 11.2. The van der Waals surface area contributed by atoms with Gasteiger partial charge in [-0.05, 0) is 83.7 Å². The molecular formula is C31H26BrFN2O4S. The average molecular weight is 622 g/mol. The molecule has 4 aromatic rings. The molecule has 204 valence electrons. The molecule has 0 N–H and O–H groups in total. The third kappa shape index (κ3) is 5.71. The van der Waals surface area contributed by atoms with Gasteiger partial charge >= 0.3 is 5.97 Å². The smallest absolute Gasteiger partial charge is 0.338 e. The average Bonchev–Trinajstić information content (AvgIpc) is 3.23. The predicted octanol–water partition coefficient (Wildman–Crippen LogP) is 5.59. The monoisotopic (exact) mass is 620 g/mol. The molecule has 0 radical (unpaired) electrons. The molecule has 9 heteroatoms. The van der Waals surface area contributed by atoms with Gasteiger partial charge < -0.3 is 9.47 Å². The van der Waals surface area contributed by atoms with Crippen molar-refractivity contribution < 1.29 is 18.7 Å². The number of carbonyl (C=O) groups excluding carboxylic acids is 1. The summed E-state index contributed by atoms with van der Waals surface area (Å²) in [7, 11) is 0. The van der Waals surface area contributed by atoms with E-state index in [0.29, 0.717) is 30.8 Å². The summed E-state index contributed by atoms with van der Waals surface area (Å²) in [5.74, 6) is -0.155. The fourth-order valence-electron chi connectivity index (χ4n) is 4.47. The van der Waals surface area contributed by atoms with Crippen molar-refractivity contribution in [3.63, 3.8) is 0 Å². The molecule has 0 unspecified atom stereocenters. The van der Waals surface area contributed by atoms with E-state index in [1.165, 1.54) is 23.5 Å². The number of fused-ring (bicyclic) bond motifs is 1. The van der Waals surface area contributed by atoms with Crippen LogP contribution in [-0.4, -0.2) is 17.1 Å². The molecule has 0 saturated heterocycles. The van der Waals surface area contributed by atoms with E-state index in [1.807, 2.05) is 49.4 Å². The number of thiazole rings is 1. The molecule has 1 aromatic heterocycles. The van der Waals surface area contributed by atoms with Crippen LogP contribution in [0.1, 0.15) is 42.1 Å². The molecule has 0 amide bonds. The van der Waals surface area contributed by atoms with E-state index < -0.39 is 12.0 Å². The summed E-state index contributed by atoms with van der Waals surface area (Å²) in [6.07, 6.45) is 1.80. The van der Waals surface area contributed by atoms with Gasteiger partial charge in [0.25, 0.3) is 5.56 Å². The number of hydrogen-bond donors (Lipinski definition) is 0. The SMILES string of the molecule is CCOC(=O)C1=C(C)N=c2s/c(=C/c3ccc(OCc4ccc(F)cc4)c(Br)c3)c(=O)n2[C@H]1c1ccc(C)cc1. The first-order chi connectivity index (χ1) is 19.2. The van der Waals surface area contributed by atoms with Crippen LogP contribution in [-0.2, 0) is 16.1 Å². The Labute approximate surface area is 242 Å². The lowest BCUT2D eigenvalue weighted by Crippen LogP contribution is -2.39. The number of ether oxygens (including phenoxy) is 2. The maximum absolute atomic E-state index is 13.8. The summed E-state index contributed by atoms with van der Waals surface area (Å²) in [5, 5.41) is 0. The molecule has 5 rings (SSSR count). The number of esters is 1. The number of aryl methyl sites for hydroxylation is 1. The van der Waals surface area contributed by atoms with E-state index in [0.717, 1.165) is 22.3 Å². The number of allylic oxidation sites excluding steroid dienone is 1. The lowest BCUT2D eigenvalue weighted by Gasteiger charge is -2.24. The normalized spacial score (nSPS) is 15.0. The zero-order valence-corrected chi connectivity index (χ0v) is 24.5. The first-order valence-electron chi connectivity index (χ1n) is 12.7. The summed E-state index contributed by atoms with van der Waals surface area (Å²) >= 11 is 4.82. The Kier molecular flexibility index (Phi) is 8.14. The van der Waals surface area contributed by atoms with Crippen molar-refractivity contribution in [2.24, 2.45) is 4.99 Å². The van der Waals surface area contributed by atoms with Crippen LogP contribution in [0.25, 0.3) is 6.08 Å².